The number of carboxylic acid groups (broad SMARTS) is 1. The highest BCUT2D eigenvalue weighted by Gasteiger charge is 2.10. The highest BCUT2D eigenvalue weighted by atomic mass is 16.5. The van der Waals surface area contributed by atoms with E-state index in [1.807, 2.05) is 13.0 Å². The molecule has 0 aliphatic rings. The van der Waals surface area contributed by atoms with Crippen molar-refractivity contribution in [3.8, 4) is 0 Å². The molecule has 0 atom stereocenters. The maximum Gasteiger partial charge on any atom is 0.328 e. The van der Waals surface area contributed by atoms with E-state index in [0.29, 0.717) is 13.2 Å². The Labute approximate surface area is 125 Å². The second kappa shape index (κ2) is 9.10. The molecule has 0 amide bonds. The predicted molar refractivity (Wildman–Crippen MR) is 81.6 cm³/mol. The van der Waals surface area contributed by atoms with Crippen molar-refractivity contribution in [2.45, 2.75) is 6.92 Å². The van der Waals surface area contributed by atoms with E-state index >= 15 is 0 Å². The van der Waals surface area contributed by atoms with Crippen LogP contribution < -0.4 is 4.90 Å². The molecule has 0 radical (unpaired) electrons. The van der Waals surface area contributed by atoms with E-state index in [0.717, 1.165) is 36.1 Å². The second-order valence-electron chi connectivity index (χ2n) is 4.55. The summed E-state index contributed by atoms with van der Waals surface area (Å²) in [6.45, 7) is 4.60. The van der Waals surface area contributed by atoms with Crippen LogP contribution in [0.15, 0.2) is 18.3 Å². The van der Waals surface area contributed by atoms with Gasteiger partial charge in [-0.15, -0.1) is 0 Å². The number of aromatic nitrogens is 1. The van der Waals surface area contributed by atoms with Crippen molar-refractivity contribution in [1.29, 1.82) is 0 Å². The minimum absolute atomic E-state index is 0.603. The first-order chi connectivity index (χ1) is 10.1. The summed E-state index contributed by atoms with van der Waals surface area (Å²) in [4.78, 5) is 17.0. The Kier molecular flexibility index (Phi) is 7.42. The summed E-state index contributed by atoms with van der Waals surface area (Å²) in [5.74, 6) is -0.116. The van der Waals surface area contributed by atoms with Crippen molar-refractivity contribution in [1.82, 2.24) is 4.98 Å². The summed E-state index contributed by atoms with van der Waals surface area (Å²) < 4.78 is 10.2. The van der Waals surface area contributed by atoms with Crippen molar-refractivity contribution in [2.24, 2.45) is 0 Å². The number of aryl methyl sites for hydroxylation is 1. The smallest absolute Gasteiger partial charge is 0.328 e. The van der Waals surface area contributed by atoms with Gasteiger partial charge >= 0.3 is 5.97 Å². The molecule has 1 aromatic rings. The van der Waals surface area contributed by atoms with Gasteiger partial charge in [-0.25, -0.2) is 9.78 Å². The summed E-state index contributed by atoms with van der Waals surface area (Å²) in [6.07, 6.45) is 4.29. The Morgan fingerprint density at radius 3 is 2.43 bits per heavy atom. The molecule has 1 heterocycles. The van der Waals surface area contributed by atoms with Gasteiger partial charge in [-0.05, 0) is 30.2 Å². The van der Waals surface area contributed by atoms with E-state index in [1.54, 1.807) is 20.4 Å². The molecule has 0 unspecified atom stereocenters. The number of rotatable bonds is 9. The predicted octanol–water partition coefficient (Wildman–Crippen LogP) is 1.59. The Morgan fingerprint density at radius 1 is 1.33 bits per heavy atom. The average molecular weight is 294 g/mol. The quantitative estimate of drug-likeness (QED) is 0.697. The Bertz CT molecular complexity index is 481. The average Bonchev–Trinajstić information content (AvgIpc) is 2.46. The lowest BCUT2D eigenvalue weighted by Crippen LogP contribution is -2.32. The zero-order chi connectivity index (χ0) is 15.7. The van der Waals surface area contributed by atoms with Crippen LogP contribution in [-0.2, 0) is 14.3 Å². The monoisotopic (exact) mass is 294 g/mol. The van der Waals surface area contributed by atoms with E-state index in [-0.39, 0.29) is 0 Å². The lowest BCUT2D eigenvalue weighted by atomic mass is 10.2. The summed E-state index contributed by atoms with van der Waals surface area (Å²) in [7, 11) is 3.32. The molecule has 1 N–H and O–H groups in total. The van der Waals surface area contributed by atoms with Crippen LogP contribution in [0, 0.1) is 6.92 Å². The zero-order valence-electron chi connectivity index (χ0n) is 12.7. The summed E-state index contributed by atoms with van der Waals surface area (Å²) >= 11 is 0. The largest absolute Gasteiger partial charge is 0.478 e. The molecule has 0 saturated heterocycles. The molecule has 21 heavy (non-hydrogen) atoms. The van der Waals surface area contributed by atoms with Crippen molar-refractivity contribution < 1.29 is 19.4 Å². The SMILES string of the molecule is COCCN(CCOC)c1ncc(/C=C/C(=O)O)cc1C. The van der Waals surface area contributed by atoms with Gasteiger partial charge < -0.3 is 19.5 Å². The van der Waals surface area contributed by atoms with Crippen LogP contribution in [0.3, 0.4) is 0 Å². The molecule has 1 aromatic heterocycles. The molecule has 0 aliphatic carbocycles. The Hall–Kier alpha value is -1.92. The molecule has 0 fully saturated rings. The first-order valence-corrected chi connectivity index (χ1v) is 6.69. The topological polar surface area (TPSA) is 71.9 Å². The van der Waals surface area contributed by atoms with Crippen LogP contribution in [0.25, 0.3) is 6.08 Å². The van der Waals surface area contributed by atoms with Crippen molar-refractivity contribution in [2.75, 3.05) is 45.4 Å². The van der Waals surface area contributed by atoms with E-state index in [9.17, 15) is 4.79 Å². The third-order valence-corrected chi connectivity index (χ3v) is 2.92. The normalized spacial score (nSPS) is 11.0. The highest BCUT2D eigenvalue weighted by Crippen LogP contribution is 2.18. The standard InChI is InChI=1S/C15H22N2O4/c1-12-10-13(4-5-14(18)19)11-16-15(12)17(6-8-20-2)7-9-21-3/h4-5,10-11H,6-9H2,1-3H3,(H,18,19)/b5-4+. The minimum atomic E-state index is -0.974. The summed E-state index contributed by atoms with van der Waals surface area (Å²) in [6, 6.07) is 1.91. The molecule has 6 nitrogen and oxygen atoms in total. The van der Waals surface area contributed by atoms with Crippen LogP contribution in [0.2, 0.25) is 0 Å². The van der Waals surface area contributed by atoms with Crippen LogP contribution >= 0.6 is 0 Å². The fraction of sp³-hybridized carbons (Fsp3) is 0.467. The molecule has 0 bridgehead atoms. The lowest BCUT2D eigenvalue weighted by molar-refractivity contribution is -0.131. The number of methoxy groups -OCH3 is 2. The number of hydrogen-bond donors (Lipinski definition) is 1. The summed E-state index contributed by atoms with van der Waals surface area (Å²) in [5.41, 5.74) is 1.74. The van der Waals surface area contributed by atoms with Gasteiger partial charge in [0, 0.05) is 39.6 Å². The van der Waals surface area contributed by atoms with Gasteiger partial charge in [0.25, 0.3) is 0 Å². The highest BCUT2D eigenvalue weighted by molar-refractivity contribution is 5.85. The molecule has 0 aliphatic heterocycles. The third kappa shape index (κ3) is 5.93. The molecule has 0 spiro atoms. The van der Waals surface area contributed by atoms with Gasteiger partial charge in [0.15, 0.2) is 0 Å². The molecule has 6 heteroatoms. The van der Waals surface area contributed by atoms with E-state index in [1.165, 1.54) is 6.08 Å². The van der Waals surface area contributed by atoms with Gasteiger partial charge in [-0.1, -0.05) is 0 Å². The van der Waals surface area contributed by atoms with Crippen molar-refractivity contribution in [3.05, 3.63) is 29.5 Å². The van der Waals surface area contributed by atoms with Gasteiger partial charge in [-0.3, -0.25) is 0 Å². The molecule has 0 saturated carbocycles. The molecular weight excluding hydrogens is 272 g/mol. The van der Waals surface area contributed by atoms with E-state index in [4.69, 9.17) is 14.6 Å². The van der Waals surface area contributed by atoms with Crippen LogP contribution in [-0.4, -0.2) is 56.6 Å². The first-order valence-electron chi connectivity index (χ1n) is 6.69. The number of nitrogens with zero attached hydrogens (tertiary/aromatic N) is 2. The second-order valence-corrected chi connectivity index (χ2v) is 4.55. The van der Waals surface area contributed by atoms with E-state index in [2.05, 4.69) is 9.88 Å². The number of carboxylic acids is 1. The van der Waals surface area contributed by atoms with Gasteiger partial charge in [0.05, 0.1) is 13.2 Å². The number of anilines is 1. The number of pyridine rings is 1. The number of hydrogen-bond acceptors (Lipinski definition) is 5. The fourth-order valence-corrected chi connectivity index (χ4v) is 1.91. The van der Waals surface area contributed by atoms with Crippen LogP contribution in [0.1, 0.15) is 11.1 Å². The van der Waals surface area contributed by atoms with Crippen molar-refractivity contribution >= 4 is 17.9 Å². The number of ether oxygens (including phenoxy) is 2. The fourth-order valence-electron chi connectivity index (χ4n) is 1.91. The summed E-state index contributed by atoms with van der Waals surface area (Å²) in [5, 5.41) is 8.64. The molecular formula is C15H22N2O4. The zero-order valence-corrected chi connectivity index (χ0v) is 12.7. The first kappa shape index (κ1) is 17.1. The van der Waals surface area contributed by atoms with Crippen molar-refractivity contribution in [3.63, 3.8) is 0 Å². The number of carbonyl (C=O) groups is 1. The molecule has 1 rings (SSSR count). The lowest BCUT2D eigenvalue weighted by Gasteiger charge is -2.24. The third-order valence-electron chi connectivity index (χ3n) is 2.92. The van der Waals surface area contributed by atoms with E-state index < -0.39 is 5.97 Å². The Balaban J connectivity index is 2.89. The Morgan fingerprint density at radius 2 is 1.95 bits per heavy atom. The maximum atomic E-state index is 10.5. The molecule has 116 valence electrons. The van der Waals surface area contributed by atoms with Gasteiger partial charge in [0.1, 0.15) is 5.82 Å². The van der Waals surface area contributed by atoms with Gasteiger partial charge in [-0.2, -0.15) is 0 Å². The minimum Gasteiger partial charge on any atom is -0.478 e. The van der Waals surface area contributed by atoms with Gasteiger partial charge in [0.2, 0.25) is 0 Å². The molecule has 0 aromatic carbocycles. The van der Waals surface area contributed by atoms with Crippen LogP contribution in [0.4, 0.5) is 5.82 Å². The maximum absolute atomic E-state index is 10.5. The number of aliphatic carboxylic acids is 1. The van der Waals surface area contributed by atoms with Crippen LogP contribution in [0.5, 0.6) is 0 Å².